The molecule has 0 radical (unpaired) electrons. The van der Waals surface area contributed by atoms with Crippen molar-refractivity contribution in [3.05, 3.63) is 117 Å². The van der Waals surface area contributed by atoms with Gasteiger partial charge < -0.3 is 61.9 Å². The number of unbranched alkanes of at least 4 members (excludes halogenated alkanes) is 5. The molecule has 13 N–H and O–H groups in total. The zero-order chi connectivity index (χ0) is 54.2. The second-order valence-corrected chi connectivity index (χ2v) is 19.0. The molecule has 0 saturated heterocycles. The minimum Gasteiger partial charge on any atom is -0.396 e. The van der Waals surface area contributed by atoms with Crippen molar-refractivity contribution >= 4 is 78.0 Å². The Morgan fingerprint density at radius 3 is 2.17 bits per heavy atom. The molecule has 3 heterocycles. The Hall–Kier alpha value is -7.56. The summed E-state index contributed by atoms with van der Waals surface area (Å²) in [7, 11) is -0.392. The lowest BCUT2D eigenvalue weighted by molar-refractivity contribution is -0.125. The number of benzene rings is 3. The molecular formula is C52H69N14O9P. The number of aromatic nitrogens is 4. The van der Waals surface area contributed by atoms with Crippen molar-refractivity contribution in [2.45, 2.75) is 90.1 Å². The summed E-state index contributed by atoms with van der Waals surface area (Å²) in [6.45, 7) is 2.60. The summed E-state index contributed by atoms with van der Waals surface area (Å²) in [5, 5.41) is 16.1. The lowest BCUT2D eigenvalue weighted by atomic mass is 9.95. The zero-order valence-corrected chi connectivity index (χ0v) is 43.7. The first-order chi connectivity index (χ1) is 36.8. The Morgan fingerprint density at radius 1 is 0.750 bits per heavy atom. The standard InChI is InChI=1S/C52H69N14O9P/c1-74-76(73)75-31-12-3-2-10-26-56-42(67)18-5-4-11-30-66(55)48-40-16-8-9-17-41(40)65(34-36-14-6-7-15-39(36)46(48)53)45(70)25-24-44(69)58-29-28-57-43(68)19-13-27-59-50(71)35-20-22-37(23-21-35)60-32-38-33-61-49-47(62-38)51(72)64-52(54)63-49/h6-9,14-17,20-23,33,60,73H,2-5,10-13,18-19,24-32,34,53,55H2,1H3,(H,56,67)(H,57,68)(H,58,69)(H,59,71)(H3,54,61,63,64,72)/b48-46-. The molecule has 76 heavy (non-hydrogen) atoms. The number of fused-ring (bicyclic) bond motifs is 3. The molecule has 5 aromatic rings. The van der Waals surface area contributed by atoms with Crippen LogP contribution in [0.2, 0.25) is 0 Å². The monoisotopic (exact) mass is 1060 g/mol. The number of carbonyl (C=O) groups is 5. The minimum absolute atomic E-state index is 0.00642. The molecule has 5 amide bonds. The average Bonchev–Trinajstić information content (AvgIpc) is 3.43. The van der Waals surface area contributed by atoms with Crippen LogP contribution < -0.4 is 54.4 Å². The number of anilines is 3. The van der Waals surface area contributed by atoms with Gasteiger partial charge in [-0.1, -0.05) is 61.7 Å². The summed E-state index contributed by atoms with van der Waals surface area (Å²) >= 11 is 0. The third-order valence-corrected chi connectivity index (χ3v) is 13.0. The highest BCUT2D eigenvalue weighted by atomic mass is 31.2. The molecule has 0 fully saturated rings. The average molecular weight is 1070 g/mol. The number of rotatable bonds is 30. The quantitative estimate of drug-likeness (QED) is 0.0134. The van der Waals surface area contributed by atoms with Gasteiger partial charge in [-0.15, -0.1) is 0 Å². The maximum absolute atomic E-state index is 14.1. The summed E-state index contributed by atoms with van der Waals surface area (Å²) in [5.41, 5.74) is 17.8. The molecule has 2 aromatic heterocycles. The van der Waals surface area contributed by atoms with Crippen LogP contribution in [0.4, 0.5) is 17.3 Å². The summed E-state index contributed by atoms with van der Waals surface area (Å²) in [4.78, 5) is 103. The molecule has 3 aromatic carbocycles. The van der Waals surface area contributed by atoms with Gasteiger partial charge in [0.05, 0.1) is 48.7 Å². The molecule has 406 valence electrons. The van der Waals surface area contributed by atoms with Crippen molar-refractivity contribution in [1.29, 1.82) is 0 Å². The molecule has 1 aliphatic rings. The fraction of sp³-hybridized carbons (Fsp3) is 0.404. The number of nitrogens with one attached hydrogen (secondary N) is 6. The summed E-state index contributed by atoms with van der Waals surface area (Å²) in [6.07, 6.45) is 8.00. The normalized spacial score (nSPS) is 13.4. The topological polar surface area (TPSA) is 340 Å². The van der Waals surface area contributed by atoms with Crippen LogP contribution in [0.1, 0.15) is 110 Å². The van der Waals surface area contributed by atoms with E-state index in [9.17, 15) is 33.7 Å². The highest BCUT2D eigenvalue weighted by molar-refractivity contribution is 7.40. The molecule has 23 nitrogen and oxygen atoms in total. The number of nitrogens with two attached hydrogens (primary N) is 3. The predicted molar refractivity (Wildman–Crippen MR) is 291 cm³/mol. The molecule has 1 aliphatic heterocycles. The van der Waals surface area contributed by atoms with E-state index < -0.39 is 14.2 Å². The van der Waals surface area contributed by atoms with Crippen molar-refractivity contribution in [2.75, 3.05) is 62.4 Å². The molecule has 1 unspecified atom stereocenters. The summed E-state index contributed by atoms with van der Waals surface area (Å²) < 4.78 is 9.84. The Labute approximate surface area is 442 Å². The third-order valence-electron chi connectivity index (χ3n) is 12.3. The molecule has 6 rings (SSSR count). The zero-order valence-electron chi connectivity index (χ0n) is 42.8. The molecule has 0 spiro atoms. The number of hydrogen-bond donors (Lipinski definition) is 10. The fourth-order valence-corrected chi connectivity index (χ4v) is 8.71. The summed E-state index contributed by atoms with van der Waals surface area (Å²) in [6, 6.07) is 21.8. The van der Waals surface area contributed by atoms with Crippen molar-refractivity contribution < 1.29 is 37.9 Å². The SMILES string of the molecule is COP(O)OCCCCCCNC(=O)CCCCCN(N)/C1=C(\N)c2ccccc2CN(C(=O)CCC(=O)NCCNC(=O)CCCNC(=O)c2ccc(NCc3cnc4nc(N)[nH]c(=O)c4n3)cc2)c2ccccc21. The number of hydrazine groups is 1. The van der Waals surface area contributed by atoms with Gasteiger partial charge in [0.25, 0.3) is 11.5 Å². The number of amides is 5. The lowest BCUT2D eigenvalue weighted by Crippen LogP contribution is -2.38. The van der Waals surface area contributed by atoms with Crippen molar-refractivity contribution in [1.82, 2.24) is 46.2 Å². The predicted octanol–water partition coefficient (Wildman–Crippen LogP) is 4.06. The van der Waals surface area contributed by atoms with Crippen molar-refractivity contribution in [2.24, 2.45) is 11.6 Å². The van der Waals surface area contributed by atoms with E-state index in [-0.39, 0.29) is 98.6 Å². The maximum atomic E-state index is 14.1. The molecule has 1 atom stereocenters. The van der Waals surface area contributed by atoms with Crippen LogP contribution in [0.5, 0.6) is 0 Å². The lowest BCUT2D eigenvalue weighted by Gasteiger charge is -2.33. The third kappa shape index (κ3) is 17.8. The maximum Gasteiger partial charge on any atom is 0.329 e. The van der Waals surface area contributed by atoms with Gasteiger partial charge in [0.1, 0.15) is 0 Å². The first-order valence-corrected chi connectivity index (χ1v) is 26.5. The van der Waals surface area contributed by atoms with Gasteiger partial charge in [-0.3, -0.25) is 33.8 Å². The van der Waals surface area contributed by atoms with Crippen LogP contribution in [-0.4, -0.2) is 106 Å². The molecular weight excluding hydrogens is 996 g/mol. The smallest absolute Gasteiger partial charge is 0.329 e. The first kappa shape index (κ1) is 57.7. The van der Waals surface area contributed by atoms with E-state index in [0.717, 1.165) is 43.2 Å². The number of para-hydroxylation sites is 1. The van der Waals surface area contributed by atoms with E-state index in [2.05, 4.69) is 46.5 Å². The number of carbonyl (C=O) groups excluding carboxylic acids is 5. The van der Waals surface area contributed by atoms with Gasteiger partial charge in [0, 0.05) is 87.9 Å². The highest BCUT2D eigenvalue weighted by Gasteiger charge is 2.28. The van der Waals surface area contributed by atoms with E-state index in [1.54, 1.807) is 34.2 Å². The second kappa shape index (κ2) is 30.1. The van der Waals surface area contributed by atoms with Gasteiger partial charge in [-0.25, -0.2) is 15.8 Å². The Bertz CT molecular complexity index is 2850. The number of nitrogens with zero attached hydrogens (tertiary/aromatic N) is 5. The van der Waals surface area contributed by atoms with E-state index >= 15 is 0 Å². The van der Waals surface area contributed by atoms with E-state index in [1.165, 1.54) is 13.3 Å². The summed E-state index contributed by atoms with van der Waals surface area (Å²) in [5.74, 6) is 5.62. The molecule has 0 aliphatic carbocycles. The van der Waals surface area contributed by atoms with Crippen LogP contribution in [0, 0.1) is 0 Å². The Kier molecular flexibility index (Phi) is 22.9. The van der Waals surface area contributed by atoms with Gasteiger partial charge in [-0.05, 0) is 68.0 Å². The minimum atomic E-state index is -1.79. The van der Waals surface area contributed by atoms with Crippen LogP contribution in [0.25, 0.3) is 22.6 Å². The number of H-pyrrole nitrogens is 1. The number of aromatic amines is 1. The van der Waals surface area contributed by atoms with E-state index in [0.29, 0.717) is 85.0 Å². The number of nitrogen functional groups attached to an aromatic ring is 1. The van der Waals surface area contributed by atoms with E-state index in [4.69, 9.17) is 26.4 Å². The van der Waals surface area contributed by atoms with Crippen LogP contribution in [0.3, 0.4) is 0 Å². The van der Waals surface area contributed by atoms with Crippen LogP contribution in [0.15, 0.2) is 83.8 Å². The van der Waals surface area contributed by atoms with Crippen molar-refractivity contribution in [3.8, 4) is 0 Å². The molecule has 24 heteroatoms. The largest absolute Gasteiger partial charge is 0.396 e. The Balaban J connectivity index is 0.876. The van der Waals surface area contributed by atoms with Gasteiger partial charge in [0.2, 0.25) is 29.6 Å². The van der Waals surface area contributed by atoms with Crippen LogP contribution >= 0.6 is 8.60 Å². The van der Waals surface area contributed by atoms with Gasteiger partial charge in [0.15, 0.2) is 11.2 Å². The highest BCUT2D eigenvalue weighted by Crippen LogP contribution is 2.37. The van der Waals surface area contributed by atoms with Gasteiger partial charge >= 0.3 is 8.60 Å². The molecule has 0 saturated carbocycles. The van der Waals surface area contributed by atoms with Crippen molar-refractivity contribution in [3.63, 3.8) is 0 Å². The first-order valence-electron chi connectivity index (χ1n) is 25.4. The van der Waals surface area contributed by atoms with E-state index in [1.807, 2.05) is 48.5 Å². The number of hydrogen-bond acceptors (Lipinski definition) is 17. The molecule has 0 bridgehead atoms. The van der Waals surface area contributed by atoms with Gasteiger partial charge in [-0.2, -0.15) is 4.98 Å². The van der Waals surface area contributed by atoms with Crippen LogP contribution in [-0.2, 0) is 41.3 Å². The fourth-order valence-electron chi connectivity index (χ4n) is 8.32. The Morgan fingerprint density at radius 2 is 1.41 bits per heavy atom. The second-order valence-electron chi connectivity index (χ2n) is 17.9.